The molecule has 0 aromatic heterocycles. The summed E-state index contributed by atoms with van der Waals surface area (Å²) >= 11 is 0. The molecule has 0 aromatic rings. The van der Waals surface area contributed by atoms with Crippen molar-refractivity contribution in [1.82, 2.24) is 5.32 Å². The molecule has 5 atom stereocenters. The third-order valence-electron chi connectivity index (χ3n) is 3.82. The Morgan fingerprint density at radius 2 is 1.67 bits per heavy atom. The first kappa shape index (κ1) is 24.9. The Bertz CT molecular complexity index is 717. The highest BCUT2D eigenvalue weighted by molar-refractivity contribution is 5.86. The van der Waals surface area contributed by atoms with Crippen LogP contribution < -0.4 is 5.32 Å². The Morgan fingerprint density at radius 1 is 1.07 bits per heavy atom. The van der Waals surface area contributed by atoms with Gasteiger partial charge >= 0.3 is 23.9 Å². The molecule has 1 rings (SSSR count). The fourth-order valence-electron chi connectivity index (χ4n) is 2.76. The number of nitrogens with one attached hydrogen (secondary N) is 1. The van der Waals surface area contributed by atoms with Crippen molar-refractivity contribution in [3.8, 4) is 0 Å². The zero-order valence-corrected chi connectivity index (χ0v) is 17.2. The van der Waals surface area contributed by atoms with E-state index in [2.05, 4.69) is 10.1 Å². The highest BCUT2D eigenvalue weighted by atomic mass is 16.6. The number of esters is 4. The minimum Gasteiger partial charge on any atom is -0.477 e. The van der Waals surface area contributed by atoms with Crippen molar-refractivity contribution in [1.29, 1.82) is 0 Å². The van der Waals surface area contributed by atoms with Gasteiger partial charge in [-0.15, -0.1) is 0 Å². The Kier molecular flexibility index (Phi) is 9.24. The molecule has 2 N–H and O–H groups in total. The summed E-state index contributed by atoms with van der Waals surface area (Å²) in [5.74, 6) is -4.23. The van der Waals surface area contributed by atoms with Gasteiger partial charge in [0.05, 0.1) is 13.2 Å². The van der Waals surface area contributed by atoms with E-state index in [4.69, 9.17) is 18.9 Å². The molecule has 168 valence electrons. The van der Waals surface area contributed by atoms with Crippen LogP contribution in [0.5, 0.6) is 0 Å². The third-order valence-corrected chi connectivity index (χ3v) is 3.82. The fourth-order valence-corrected chi connectivity index (χ4v) is 2.76. The molecule has 0 radical (unpaired) electrons. The lowest BCUT2D eigenvalue weighted by atomic mass is 9.93. The average molecular weight is 431 g/mol. The van der Waals surface area contributed by atoms with E-state index >= 15 is 0 Å². The molecule has 1 heterocycles. The van der Waals surface area contributed by atoms with E-state index in [0.717, 1.165) is 34.0 Å². The van der Waals surface area contributed by atoms with E-state index in [0.29, 0.717) is 0 Å². The van der Waals surface area contributed by atoms with Crippen molar-refractivity contribution in [2.45, 2.75) is 58.2 Å². The lowest BCUT2D eigenvalue weighted by molar-refractivity contribution is -0.190. The Labute approximate surface area is 172 Å². The summed E-state index contributed by atoms with van der Waals surface area (Å²) in [4.78, 5) is 58.1. The number of ether oxygens (including phenoxy) is 5. The number of hydrogen-bond acceptors (Lipinski definition) is 11. The normalized spacial score (nSPS) is 22.3. The number of carbonyl (C=O) groups excluding carboxylic acids is 5. The third kappa shape index (κ3) is 7.35. The molecule has 1 amide bonds. The first-order valence-corrected chi connectivity index (χ1v) is 8.86. The minimum atomic E-state index is -1.48. The lowest BCUT2D eigenvalue weighted by Gasteiger charge is -2.40. The van der Waals surface area contributed by atoms with E-state index in [9.17, 15) is 29.1 Å². The molecule has 0 unspecified atom stereocenters. The van der Waals surface area contributed by atoms with Crippen molar-refractivity contribution in [3.05, 3.63) is 11.8 Å². The molecule has 12 nitrogen and oxygen atoms in total. The van der Waals surface area contributed by atoms with Crippen molar-refractivity contribution < 1.29 is 52.8 Å². The molecule has 1 aliphatic heterocycles. The number of hydrogen-bond donors (Lipinski definition) is 2. The van der Waals surface area contributed by atoms with Crippen LogP contribution in [0.25, 0.3) is 0 Å². The predicted octanol–water partition coefficient (Wildman–Crippen LogP) is -1.27. The van der Waals surface area contributed by atoms with Crippen LogP contribution in [-0.2, 0) is 47.7 Å². The average Bonchev–Trinajstić information content (AvgIpc) is 2.63. The first-order valence-electron chi connectivity index (χ1n) is 8.86. The number of carbonyl (C=O) groups is 5. The van der Waals surface area contributed by atoms with Gasteiger partial charge in [0.25, 0.3) is 0 Å². The Hall–Kier alpha value is -3.15. The standard InChI is InChI=1S/C18H25NO11/c1-8(20)19-15-12(24)6-13(18(25)26-5)30-17(15)16(29-11(4)23)14(28-10(3)22)7-27-9(2)21/h6,12,14-17,24H,7H2,1-5H3,(H,19,20)/t12-,14-,15-,16-,17-/m1/s1. The molecule has 0 spiro atoms. The van der Waals surface area contributed by atoms with Crippen LogP contribution in [0.4, 0.5) is 0 Å². The van der Waals surface area contributed by atoms with E-state index in [1.807, 2.05) is 0 Å². The molecule has 0 aliphatic carbocycles. The first-order chi connectivity index (χ1) is 14.0. The SMILES string of the molecule is COC(=O)C1=C[C@@H](O)[C@@H](NC(C)=O)[C@H]([C@H](OC(C)=O)[C@@H](COC(C)=O)OC(C)=O)O1. The van der Waals surface area contributed by atoms with Crippen LogP contribution in [0.15, 0.2) is 11.8 Å². The van der Waals surface area contributed by atoms with E-state index in [1.165, 1.54) is 6.92 Å². The van der Waals surface area contributed by atoms with Gasteiger partial charge in [0.1, 0.15) is 12.7 Å². The van der Waals surface area contributed by atoms with Gasteiger partial charge in [-0.3, -0.25) is 19.2 Å². The fraction of sp³-hybridized carbons (Fsp3) is 0.611. The van der Waals surface area contributed by atoms with Crippen LogP contribution >= 0.6 is 0 Å². The van der Waals surface area contributed by atoms with E-state index < -0.39 is 72.6 Å². The van der Waals surface area contributed by atoms with Crippen molar-refractivity contribution in [2.24, 2.45) is 0 Å². The summed E-state index contributed by atoms with van der Waals surface area (Å²) in [6.07, 6.45) is -4.70. The minimum absolute atomic E-state index is 0.414. The maximum absolute atomic E-state index is 11.9. The van der Waals surface area contributed by atoms with Crippen LogP contribution in [0.1, 0.15) is 27.7 Å². The molecule has 0 saturated heterocycles. The highest BCUT2D eigenvalue weighted by Crippen LogP contribution is 2.26. The summed E-state index contributed by atoms with van der Waals surface area (Å²) < 4.78 is 25.4. The summed E-state index contributed by atoms with van der Waals surface area (Å²) in [5.41, 5.74) is 0. The molecular weight excluding hydrogens is 406 g/mol. The van der Waals surface area contributed by atoms with Crippen LogP contribution in [0.2, 0.25) is 0 Å². The van der Waals surface area contributed by atoms with Gasteiger partial charge in [-0.1, -0.05) is 0 Å². The quantitative estimate of drug-likeness (QED) is 0.348. The number of rotatable bonds is 8. The summed E-state index contributed by atoms with van der Waals surface area (Å²) in [5, 5.41) is 12.9. The molecule has 0 bridgehead atoms. The molecular formula is C18H25NO11. The molecule has 0 aromatic carbocycles. The van der Waals surface area contributed by atoms with E-state index in [-0.39, 0.29) is 0 Å². The smallest absolute Gasteiger partial charge is 0.373 e. The summed E-state index contributed by atoms with van der Waals surface area (Å²) in [6, 6.07) is -1.21. The molecule has 1 aliphatic rings. The molecule has 30 heavy (non-hydrogen) atoms. The summed E-state index contributed by atoms with van der Waals surface area (Å²) in [7, 11) is 1.08. The molecule has 0 saturated carbocycles. The predicted molar refractivity (Wildman–Crippen MR) is 96.3 cm³/mol. The Balaban J connectivity index is 3.41. The molecule has 12 heteroatoms. The summed E-state index contributed by atoms with van der Waals surface area (Å²) in [6.45, 7) is 3.91. The van der Waals surface area contributed by atoms with Gasteiger partial charge in [-0.05, 0) is 6.08 Å². The number of aliphatic hydroxyl groups excluding tert-OH is 1. The van der Waals surface area contributed by atoms with Gasteiger partial charge < -0.3 is 34.1 Å². The van der Waals surface area contributed by atoms with Crippen LogP contribution in [0, 0.1) is 0 Å². The number of aliphatic hydroxyl groups is 1. The van der Waals surface area contributed by atoms with E-state index in [1.54, 1.807) is 0 Å². The zero-order chi connectivity index (χ0) is 23.0. The van der Waals surface area contributed by atoms with Gasteiger partial charge in [0.15, 0.2) is 18.3 Å². The second-order valence-electron chi connectivity index (χ2n) is 6.35. The van der Waals surface area contributed by atoms with Crippen LogP contribution in [-0.4, -0.2) is 79.1 Å². The van der Waals surface area contributed by atoms with Crippen molar-refractivity contribution >= 4 is 29.8 Å². The van der Waals surface area contributed by atoms with Gasteiger partial charge in [0, 0.05) is 27.7 Å². The second kappa shape index (κ2) is 11.1. The molecule has 0 fully saturated rings. The van der Waals surface area contributed by atoms with Gasteiger partial charge in [0.2, 0.25) is 11.7 Å². The van der Waals surface area contributed by atoms with Gasteiger partial charge in [-0.2, -0.15) is 0 Å². The highest BCUT2D eigenvalue weighted by Gasteiger charge is 2.47. The Morgan fingerprint density at radius 3 is 2.13 bits per heavy atom. The maximum atomic E-state index is 11.9. The largest absolute Gasteiger partial charge is 0.477 e. The maximum Gasteiger partial charge on any atom is 0.373 e. The van der Waals surface area contributed by atoms with Crippen LogP contribution in [0.3, 0.4) is 0 Å². The number of methoxy groups -OCH3 is 1. The van der Waals surface area contributed by atoms with Gasteiger partial charge in [-0.25, -0.2) is 4.79 Å². The van der Waals surface area contributed by atoms with Crippen molar-refractivity contribution in [3.63, 3.8) is 0 Å². The number of amides is 1. The topological polar surface area (TPSA) is 164 Å². The zero-order valence-electron chi connectivity index (χ0n) is 17.2. The second-order valence-corrected chi connectivity index (χ2v) is 6.35. The monoisotopic (exact) mass is 431 g/mol. The lowest BCUT2D eigenvalue weighted by Crippen LogP contribution is -2.61. The van der Waals surface area contributed by atoms with Crippen molar-refractivity contribution in [2.75, 3.05) is 13.7 Å².